The number of aromatic nitrogens is 5. The number of hydrogen-bond donors (Lipinski definition) is 2. The third-order valence-corrected chi connectivity index (χ3v) is 4.46. The van der Waals surface area contributed by atoms with Crippen molar-refractivity contribution in [1.82, 2.24) is 35.0 Å². The molecule has 4 rings (SSSR count). The summed E-state index contributed by atoms with van der Waals surface area (Å²) in [6.45, 7) is 1.10. The lowest BCUT2D eigenvalue weighted by Gasteiger charge is -2.10. The van der Waals surface area contributed by atoms with Crippen molar-refractivity contribution in [2.45, 2.75) is 13.1 Å². The molecule has 3 aromatic heterocycles. The van der Waals surface area contributed by atoms with E-state index in [1.54, 1.807) is 7.05 Å². The van der Waals surface area contributed by atoms with Gasteiger partial charge < -0.3 is 10.6 Å². The van der Waals surface area contributed by atoms with Gasteiger partial charge in [-0.3, -0.25) is 9.39 Å². The van der Waals surface area contributed by atoms with Gasteiger partial charge in [0.15, 0.2) is 17.4 Å². The normalized spacial score (nSPS) is 11.7. The number of benzene rings is 1. The Morgan fingerprint density at radius 1 is 1.07 bits per heavy atom. The van der Waals surface area contributed by atoms with Gasteiger partial charge in [0, 0.05) is 36.6 Å². The van der Waals surface area contributed by atoms with Crippen LogP contribution in [-0.4, -0.2) is 37.4 Å². The monoisotopic (exact) mass is 394 g/mol. The summed E-state index contributed by atoms with van der Waals surface area (Å²) in [5.41, 5.74) is 2.81. The molecule has 0 saturated carbocycles. The summed E-state index contributed by atoms with van der Waals surface area (Å²) < 4.78 is 3.75. The Kier molecular flexibility index (Phi) is 5.20. The van der Waals surface area contributed by atoms with Crippen molar-refractivity contribution in [3.05, 3.63) is 77.5 Å². The maximum atomic E-state index is 5.93. The maximum Gasteiger partial charge on any atom is 0.191 e. The highest BCUT2D eigenvalue weighted by molar-refractivity contribution is 6.30. The minimum Gasteiger partial charge on any atom is -0.352 e. The average Bonchev–Trinajstić information content (AvgIpc) is 3.36. The number of fused-ring (bicyclic) bond motifs is 1. The SMILES string of the molecule is CN=C(NCc1cnn(-c2ccc(Cl)cc2)c1)NCc1nnc2ccccn12. The van der Waals surface area contributed by atoms with Crippen molar-refractivity contribution in [1.29, 1.82) is 0 Å². The van der Waals surface area contributed by atoms with Crippen LogP contribution in [0, 0.1) is 0 Å². The van der Waals surface area contributed by atoms with E-state index in [1.165, 1.54) is 0 Å². The molecule has 0 aliphatic carbocycles. The van der Waals surface area contributed by atoms with E-state index in [2.05, 4.69) is 30.9 Å². The van der Waals surface area contributed by atoms with E-state index in [9.17, 15) is 0 Å². The van der Waals surface area contributed by atoms with E-state index in [4.69, 9.17) is 11.6 Å². The number of aliphatic imine (C=N–C) groups is 1. The quantitative estimate of drug-likeness (QED) is 0.401. The smallest absolute Gasteiger partial charge is 0.191 e. The van der Waals surface area contributed by atoms with Gasteiger partial charge in [0.2, 0.25) is 0 Å². The molecule has 1 aromatic carbocycles. The van der Waals surface area contributed by atoms with Crippen LogP contribution in [0.4, 0.5) is 0 Å². The molecular formula is C19H19ClN8. The Balaban J connectivity index is 1.35. The first kappa shape index (κ1) is 18.0. The van der Waals surface area contributed by atoms with Crippen LogP contribution in [0.15, 0.2) is 66.0 Å². The van der Waals surface area contributed by atoms with Gasteiger partial charge in [0.1, 0.15) is 0 Å². The molecule has 4 aromatic rings. The first-order valence-corrected chi connectivity index (χ1v) is 9.13. The Morgan fingerprint density at radius 2 is 1.89 bits per heavy atom. The minimum atomic E-state index is 0.509. The summed E-state index contributed by atoms with van der Waals surface area (Å²) >= 11 is 5.93. The Morgan fingerprint density at radius 3 is 2.71 bits per heavy atom. The molecule has 0 amide bonds. The van der Waals surface area contributed by atoms with Crippen molar-refractivity contribution in [3.63, 3.8) is 0 Å². The molecular weight excluding hydrogens is 376 g/mol. The molecule has 0 fully saturated rings. The zero-order valence-electron chi connectivity index (χ0n) is 15.2. The van der Waals surface area contributed by atoms with E-state index in [1.807, 2.05) is 70.1 Å². The predicted octanol–water partition coefficient (Wildman–Crippen LogP) is 2.43. The molecule has 28 heavy (non-hydrogen) atoms. The van der Waals surface area contributed by atoms with E-state index < -0.39 is 0 Å². The number of hydrogen-bond acceptors (Lipinski definition) is 4. The molecule has 0 unspecified atom stereocenters. The van der Waals surface area contributed by atoms with Gasteiger partial charge in [0.25, 0.3) is 0 Å². The van der Waals surface area contributed by atoms with Crippen LogP contribution in [0.5, 0.6) is 0 Å². The summed E-state index contributed by atoms with van der Waals surface area (Å²) in [4.78, 5) is 4.25. The summed E-state index contributed by atoms with van der Waals surface area (Å²) in [6, 6.07) is 13.3. The highest BCUT2D eigenvalue weighted by Gasteiger charge is 2.06. The lowest BCUT2D eigenvalue weighted by Crippen LogP contribution is -2.36. The molecule has 2 N–H and O–H groups in total. The van der Waals surface area contributed by atoms with Gasteiger partial charge in [-0.2, -0.15) is 5.10 Å². The van der Waals surface area contributed by atoms with Crippen LogP contribution in [-0.2, 0) is 13.1 Å². The molecule has 3 heterocycles. The van der Waals surface area contributed by atoms with Crippen molar-refractivity contribution in [2.75, 3.05) is 7.05 Å². The number of pyridine rings is 1. The van der Waals surface area contributed by atoms with Crippen LogP contribution in [0.3, 0.4) is 0 Å². The molecule has 8 nitrogen and oxygen atoms in total. The van der Waals surface area contributed by atoms with Crippen LogP contribution in [0.25, 0.3) is 11.3 Å². The first-order valence-electron chi connectivity index (χ1n) is 8.75. The second-order valence-electron chi connectivity index (χ2n) is 6.09. The molecule has 0 spiro atoms. The lowest BCUT2D eigenvalue weighted by molar-refractivity contribution is 0.762. The van der Waals surface area contributed by atoms with Crippen LogP contribution in [0.1, 0.15) is 11.4 Å². The second kappa shape index (κ2) is 8.10. The number of rotatable bonds is 5. The van der Waals surface area contributed by atoms with Crippen molar-refractivity contribution >= 4 is 23.2 Å². The summed E-state index contributed by atoms with van der Waals surface area (Å²) in [6.07, 6.45) is 5.73. The van der Waals surface area contributed by atoms with E-state index in [-0.39, 0.29) is 0 Å². The number of halogens is 1. The predicted molar refractivity (Wildman–Crippen MR) is 109 cm³/mol. The molecule has 0 radical (unpaired) electrons. The maximum absolute atomic E-state index is 5.93. The topological polar surface area (TPSA) is 84.4 Å². The summed E-state index contributed by atoms with van der Waals surface area (Å²) in [7, 11) is 1.73. The third kappa shape index (κ3) is 3.96. The second-order valence-corrected chi connectivity index (χ2v) is 6.53. The fourth-order valence-corrected chi connectivity index (χ4v) is 2.89. The number of guanidine groups is 1. The highest BCUT2D eigenvalue weighted by Crippen LogP contribution is 2.13. The number of nitrogens with zero attached hydrogens (tertiary/aromatic N) is 6. The Hall–Kier alpha value is -3.39. The molecule has 0 aliphatic rings. The van der Waals surface area contributed by atoms with E-state index in [0.29, 0.717) is 24.1 Å². The third-order valence-electron chi connectivity index (χ3n) is 4.21. The molecule has 0 aliphatic heterocycles. The molecule has 0 atom stereocenters. The van der Waals surface area contributed by atoms with Crippen LogP contribution in [0.2, 0.25) is 5.02 Å². The number of nitrogens with one attached hydrogen (secondary N) is 2. The Bertz CT molecular complexity index is 1100. The highest BCUT2D eigenvalue weighted by atomic mass is 35.5. The zero-order chi connectivity index (χ0) is 19.3. The molecule has 9 heteroatoms. The van der Waals surface area contributed by atoms with Gasteiger partial charge in [-0.05, 0) is 36.4 Å². The van der Waals surface area contributed by atoms with Crippen molar-refractivity contribution < 1.29 is 0 Å². The fraction of sp³-hybridized carbons (Fsp3) is 0.158. The van der Waals surface area contributed by atoms with Crippen LogP contribution >= 0.6 is 11.6 Å². The van der Waals surface area contributed by atoms with Gasteiger partial charge >= 0.3 is 0 Å². The largest absolute Gasteiger partial charge is 0.352 e. The standard InChI is InChI=1S/C19H19ClN8/c1-21-19(23-12-18-26-25-17-4-2-3-9-27(17)18)22-10-14-11-24-28(13-14)16-7-5-15(20)6-8-16/h2-9,11,13H,10,12H2,1H3,(H2,21,22,23). The van der Waals surface area contributed by atoms with E-state index >= 15 is 0 Å². The first-order chi connectivity index (χ1) is 13.7. The van der Waals surface area contributed by atoms with Gasteiger partial charge in [0.05, 0.1) is 18.4 Å². The zero-order valence-corrected chi connectivity index (χ0v) is 16.0. The van der Waals surface area contributed by atoms with Crippen molar-refractivity contribution in [3.8, 4) is 5.69 Å². The lowest BCUT2D eigenvalue weighted by atomic mass is 10.3. The molecule has 0 bridgehead atoms. The minimum absolute atomic E-state index is 0.509. The van der Waals surface area contributed by atoms with Crippen molar-refractivity contribution in [2.24, 2.45) is 4.99 Å². The molecule has 0 saturated heterocycles. The van der Waals surface area contributed by atoms with Gasteiger partial charge in [-0.15, -0.1) is 10.2 Å². The molecule has 142 valence electrons. The average molecular weight is 395 g/mol. The fourth-order valence-electron chi connectivity index (χ4n) is 2.77. The summed E-state index contributed by atoms with van der Waals surface area (Å²) in [5.74, 6) is 1.49. The van der Waals surface area contributed by atoms with Gasteiger partial charge in [-0.25, -0.2) is 4.68 Å². The van der Waals surface area contributed by atoms with Crippen LogP contribution < -0.4 is 10.6 Å². The Labute approximate surface area is 166 Å². The summed E-state index contributed by atoms with van der Waals surface area (Å²) in [5, 5.41) is 20.0. The van der Waals surface area contributed by atoms with E-state index in [0.717, 1.165) is 22.7 Å². The van der Waals surface area contributed by atoms with Gasteiger partial charge in [-0.1, -0.05) is 17.7 Å².